The first-order valence-corrected chi connectivity index (χ1v) is 8.52. The molecule has 2 rings (SSSR count). The summed E-state index contributed by atoms with van der Waals surface area (Å²) in [5.41, 5.74) is 1.04. The van der Waals surface area contributed by atoms with Gasteiger partial charge in [-0.05, 0) is 30.8 Å². The van der Waals surface area contributed by atoms with Crippen LogP contribution in [0.3, 0.4) is 0 Å². The summed E-state index contributed by atoms with van der Waals surface area (Å²) in [7, 11) is -3.71. The minimum absolute atomic E-state index is 0.145. The van der Waals surface area contributed by atoms with Crippen LogP contribution in [0, 0.1) is 0 Å². The number of aromatic amines is 1. The normalized spacial score (nSPS) is 11.6. The highest BCUT2D eigenvalue weighted by Crippen LogP contribution is 2.27. The molecule has 0 fully saturated rings. The van der Waals surface area contributed by atoms with Crippen LogP contribution in [0.1, 0.15) is 12.6 Å². The molecule has 0 aliphatic rings. The molecule has 5 nitrogen and oxygen atoms in total. The quantitative estimate of drug-likeness (QED) is 0.750. The standard InChI is InChI=1S/C13H15Cl2N3O2S/c1-2-16-7-10-6-11(8-17-10)21(19,20)18-13-5-9(14)3-4-12(13)15/h3-6,8,16-18H,2,7H2,1H3. The van der Waals surface area contributed by atoms with Gasteiger partial charge in [0.2, 0.25) is 0 Å². The van der Waals surface area contributed by atoms with E-state index in [-0.39, 0.29) is 15.6 Å². The van der Waals surface area contributed by atoms with Crippen molar-refractivity contribution < 1.29 is 8.42 Å². The van der Waals surface area contributed by atoms with Gasteiger partial charge in [-0.25, -0.2) is 8.42 Å². The Morgan fingerprint density at radius 1 is 1.24 bits per heavy atom. The molecule has 0 unspecified atom stereocenters. The first-order valence-electron chi connectivity index (χ1n) is 6.28. The molecule has 21 heavy (non-hydrogen) atoms. The second-order valence-corrected chi connectivity index (χ2v) is 6.90. The highest BCUT2D eigenvalue weighted by Gasteiger charge is 2.17. The molecule has 8 heteroatoms. The molecule has 0 spiro atoms. The van der Waals surface area contributed by atoms with Crippen molar-refractivity contribution in [2.24, 2.45) is 0 Å². The summed E-state index contributed by atoms with van der Waals surface area (Å²) in [6, 6.07) is 6.17. The van der Waals surface area contributed by atoms with E-state index in [1.54, 1.807) is 12.1 Å². The third-order valence-electron chi connectivity index (χ3n) is 2.76. The first-order chi connectivity index (χ1) is 9.92. The maximum absolute atomic E-state index is 12.3. The fraction of sp³-hybridized carbons (Fsp3) is 0.231. The van der Waals surface area contributed by atoms with Crippen LogP contribution in [0.25, 0.3) is 0 Å². The fourth-order valence-electron chi connectivity index (χ4n) is 1.72. The average molecular weight is 348 g/mol. The molecule has 0 bridgehead atoms. The number of H-pyrrole nitrogens is 1. The Morgan fingerprint density at radius 3 is 2.71 bits per heavy atom. The Kier molecular flexibility index (Phi) is 5.16. The van der Waals surface area contributed by atoms with Gasteiger partial charge in [-0.3, -0.25) is 4.72 Å². The smallest absolute Gasteiger partial charge is 0.263 e. The fourth-order valence-corrected chi connectivity index (χ4v) is 3.20. The van der Waals surface area contributed by atoms with Gasteiger partial charge >= 0.3 is 0 Å². The van der Waals surface area contributed by atoms with Crippen molar-refractivity contribution in [3.8, 4) is 0 Å². The van der Waals surface area contributed by atoms with Gasteiger partial charge in [-0.15, -0.1) is 0 Å². The van der Waals surface area contributed by atoms with Crippen LogP contribution < -0.4 is 10.0 Å². The molecule has 1 aromatic heterocycles. The monoisotopic (exact) mass is 347 g/mol. The zero-order valence-corrected chi connectivity index (χ0v) is 13.6. The van der Waals surface area contributed by atoms with E-state index in [2.05, 4.69) is 15.0 Å². The van der Waals surface area contributed by atoms with E-state index in [0.29, 0.717) is 11.6 Å². The molecule has 3 N–H and O–H groups in total. The number of rotatable bonds is 6. The minimum atomic E-state index is -3.71. The van der Waals surface area contributed by atoms with E-state index in [9.17, 15) is 8.42 Å². The molecule has 0 radical (unpaired) electrons. The summed E-state index contributed by atoms with van der Waals surface area (Å²) in [6.07, 6.45) is 1.44. The molecular formula is C13H15Cl2N3O2S. The van der Waals surface area contributed by atoms with Gasteiger partial charge in [0.05, 0.1) is 10.7 Å². The van der Waals surface area contributed by atoms with Gasteiger partial charge < -0.3 is 10.3 Å². The summed E-state index contributed by atoms with van der Waals surface area (Å²) in [6.45, 7) is 3.35. The van der Waals surface area contributed by atoms with Crippen molar-refractivity contribution in [2.75, 3.05) is 11.3 Å². The van der Waals surface area contributed by atoms with Gasteiger partial charge in [0.15, 0.2) is 0 Å². The molecule has 0 saturated carbocycles. The SMILES string of the molecule is CCNCc1cc(S(=O)(=O)Nc2cc(Cl)ccc2Cl)c[nH]1. The van der Waals surface area contributed by atoms with Crippen molar-refractivity contribution in [1.29, 1.82) is 0 Å². The van der Waals surface area contributed by atoms with E-state index in [4.69, 9.17) is 23.2 Å². The summed E-state index contributed by atoms with van der Waals surface area (Å²) in [4.78, 5) is 3.06. The second kappa shape index (κ2) is 6.70. The Morgan fingerprint density at radius 2 is 2.00 bits per heavy atom. The number of nitrogens with one attached hydrogen (secondary N) is 3. The van der Waals surface area contributed by atoms with Crippen LogP contribution in [0.2, 0.25) is 10.0 Å². The number of anilines is 1. The number of hydrogen-bond acceptors (Lipinski definition) is 3. The van der Waals surface area contributed by atoms with E-state index < -0.39 is 10.0 Å². The predicted molar refractivity (Wildman–Crippen MR) is 85.4 cm³/mol. The highest BCUT2D eigenvalue weighted by atomic mass is 35.5. The van der Waals surface area contributed by atoms with Crippen LogP contribution >= 0.6 is 23.2 Å². The zero-order valence-electron chi connectivity index (χ0n) is 11.3. The average Bonchev–Trinajstić information content (AvgIpc) is 2.90. The maximum Gasteiger partial charge on any atom is 0.263 e. The lowest BCUT2D eigenvalue weighted by Crippen LogP contribution is -2.13. The van der Waals surface area contributed by atoms with Crippen LogP contribution in [-0.2, 0) is 16.6 Å². The zero-order chi connectivity index (χ0) is 15.5. The second-order valence-electron chi connectivity index (χ2n) is 4.37. The molecule has 1 aromatic carbocycles. The molecule has 0 aliphatic heterocycles. The Bertz CT molecular complexity index is 729. The van der Waals surface area contributed by atoms with Crippen LogP contribution in [0.5, 0.6) is 0 Å². The molecule has 114 valence electrons. The third kappa shape index (κ3) is 4.14. The Balaban J connectivity index is 2.22. The van der Waals surface area contributed by atoms with E-state index in [0.717, 1.165) is 12.2 Å². The first kappa shape index (κ1) is 16.2. The Hall–Kier alpha value is -1.21. The number of benzene rings is 1. The molecule has 0 saturated heterocycles. The Labute approximate surface area is 133 Å². The molecule has 1 heterocycles. The van der Waals surface area contributed by atoms with Gasteiger partial charge in [-0.2, -0.15) is 0 Å². The van der Waals surface area contributed by atoms with Crippen LogP contribution in [0.4, 0.5) is 5.69 Å². The van der Waals surface area contributed by atoms with Crippen LogP contribution in [0.15, 0.2) is 35.4 Å². The number of sulfonamides is 1. The maximum atomic E-state index is 12.3. The topological polar surface area (TPSA) is 74.0 Å². The van der Waals surface area contributed by atoms with E-state index in [1.807, 2.05) is 6.92 Å². The third-order valence-corrected chi connectivity index (χ3v) is 4.67. The van der Waals surface area contributed by atoms with Crippen molar-refractivity contribution in [2.45, 2.75) is 18.4 Å². The lowest BCUT2D eigenvalue weighted by atomic mass is 10.3. The number of aromatic nitrogens is 1. The largest absolute Gasteiger partial charge is 0.363 e. The van der Waals surface area contributed by atoms with Crippen molar-refractivity contribution in [3.63, 3.8) is 0 Å². The molecule has 0 atom stereocenters. The predicted octanol–water partition coefficient (Wildman–Crippen LogP) is 3.23. The minimum Gasteiger partial charge on any atom is -0.363 e. The van der Waals surface area contributed by atoms with Gasteiger partial charge in [0.25, 0.3) is 10.0 Å². The van der Waals surface area contributed by atoms with Crippen molar-refractivity contribution in [1.82, 2.24) is 10.3 Å². The van der Waals surface area contributed by atoms with Crippen molar-refractivity contribution in [3.05, 3.63) is 46.2 Å². The van der Waals surface area contributed by atoms with Gasteiger partial charge in [-0.1, -0.05) is 30.1 Å². The lowest BCUT2D eigenvalue weighted by Gasteiger charge is -2.08. The molecule has 0 aliphatic carbocycles. The summed E-state index contributed by atoms with van der Waals surface area (Å²) >= 11 is 11.8. The summed E-state index contributed by atoms with van der Waals surface area (Å²) in [5, 5.41) is 3.80. The van der Waals surface area contributed by atoms with Crippen LogP contribution in [-0.4, -0.2) is 19.9 Å². The summed E-state index contributed by atoms with van der Waals surface area (Å²) in [5.74, 6) is 0. The lowest BCUT2D eigenvalue weighted by molar-refractivity contribution is 0.601. The van der Waals surface area contributed by atoms with Crippen molar-refractivity contribution >= 4 is 38.9 Å². The van der Waals surface area contributed by atoms with E-state index in [1.165, 1.54) is 18.3 Å². The van der Waals surface area contributed by atoms with E-state index >= 15 is 0 Å². The molecule has 2 aromatic rings. The highest BCUT2D eigenvalue weighted by molar-refractivity contribution is 7.92. The van der Waals surface area contributed by atoms with Gasteiger partial charge in [0, 0.05) is 23.5 Å². The summed E-state index contributed by atoms with van der Waals surface area (Å²) < 4.78 is 27.0. The number of halogens is 2. The number of hydrogen-bond donors (Lipinski definition) is 3. The molecule has 0 amide bonds. The molecular weight excluding hydrogens is 333 g/mol. The van der Waals surface area contributed by atoms with Gasteiger partial charge in [0.1, 0.15) is 4.90 Å².